The molecule has 0 spiro atoms. The molecule has 1 aliphatic carbocycles. The number of imidazole rings is 1. The van der Waals surface area contributed by atoms with Crippen molar-refractivity contribution in [3.63, 3.8) is 0 Å². The van der Waals surface area contributed by atoms with Crippen LogP contribution in [-0.2, 0) is 5.54 Å². The number of hydrogen-bond donors (Lipinski definition) is 2. The molecule has 0 aliphatic heterocycles. The Morgan fingerprint density at radius 3 is 2.73 bits per heavy atom. The molecular formula is C11H18N2O2. The molecule has 1 fully saturated rings. The van der Waals surface area contributed by atoms with Crippen LogP contribution >= 0.6 is 0 Å². The van der Waals surface area contributed by atoms with Crippen LogP contribution in [0.1, 0.15) is 32.6 Å². The predicted molar refractivity (Wildman–Crippen MR) is 57.7 cm³/mol. The van der Waals surface area contributed by atoms with Gasteiger partial charge >= 0.3 is 5.69 Å². The van der Waals surface area contributed by atoms with Gasteiger partial charge in [-0.3, -0.25) is 4.57 Å². The van der Waals surface area contributed by atoms with Crippen molar-refractivity contribution in [1.82, 2.24) is 9.55 Å². The second-order valence-electron chi connectivity index (χ2n) is 4.70. The van der Waals surface area contributed by atoms with Crippen LogP contribution in [0.3, 0.4) is 0 Å². The summed E-state index contributed by atoms with van der Waals surface area (Å²) < 4.78 is 1.67. The Morgan fingerprint density at radius 2 is 2.27 bits per heavy atom. The fourth-order valence-electron chi connectivity index (χ4n) is 2.47. The third-order valence-corrected chi connectivity index (χ3v) is 3.66. The normalized spacial score (nSPS) is 31.7. The number of aromatic amines is 1. The minimum absolute atomic E-state index is 0.0531. The number of H-pyrrole nitrogens is 1. The number of rotatable bonds is 2. The van der Waals surface area contributed by atoms with Crippen molar-refractivity contribution in [2.24, 2.45) is 5.92 Å². The van der Waals surface area contributed by atoms with Crippen molar-refractivity contribution in [2.75, 3.05) is 6.61 Å². The SMILES string of the molecule is CC1CCC(CO)(n2cc[nH]c2=O)CC1. The van der Waals surface area contributed by atoms with Crippen LogP contribution in [0.25, 0.3) is 0 Å². The molecule has 0 radical (unpaired) electrons. The molecule has 4 heteroatoms. The number of aliphatic hydroxyl groups is 1. The minimum atomic E-state index is -0.358. The molecule has 0 amide bonds. The van der Waals surface area contributed by atoms with Gasteiger partial charge in [0.05, 0.1) is 12.1 Å². The maximum atomic E-state index is 11.6. The molecule has 2 rings (SSSR count). The van der Waals surface area contributed by atoms with Gasteiger partial charge in [-0.05, 0) is 31.6 Å². The van der Waals surface area contributed by atoms with Crippen LogP contribution < -0.4 is 5.69 Å². The van der Waals surface area contributed by atoms with E-state index in [0.29, 0.717) is 5.92 Å². The summed E-state index contributed by atoms with van der Waals surface area (Å²) in [5.41, 5.74) is -0.470. The number of hydrogen-bond acceptors (Lipinski definition) is 2. The van der Waals surface area contributed by atoms with Gasteiger partial charge in [-0.15, -0.1) is 0 Å². The molecule has 0 aromatic carbocycles. The largest absolute Gasteiger partial charge is 0.394 e. The zero-order chi connectivity index (χ0) is 10.9. The molecule has 84 valence electrons. The van der Waals surface area contributed by atoms with Gasteiger partial charge in [0.15, 0.2) is 0 Å². The molecule has 0 atom stereocenters. The van der Waals surface area contributed by atoms with Crippen molar-refractivity contribution in [2.45, 2.75) is 38.1 Å². The van der Waals surface area contributed by atoms with Gasteiger partial charge in [-0.1, -0.05) is 6.92 Å². The first kappa shape index (κ1) is 10.5. The first-order chi connectivity index (χ1) is 7.18. The van der Waals surface area contributed by atoms with E-state index in [1.54, 1.807) is 17.0 Å². The highest BCUT2D eigenvalue weighted by Gasteiger charge is 2.36. The van der Waals surface area contributed by atoms with Crippen LogP contribution in [0.15, 0.2) is 17.2 Å². The van der Waals surface area contributed by atoms with Crippen LogP contribution in [0.4, 0.5) is 0 Å². The van der Waals surface area contributed by atoms with E-state index >= 15 is 0 Å². The molecule has 1 aromatic heterocycles. The molecule has 15 heavy (non-hydrogen) atoms. The van der Waals surface area contributed by atoms with E-state index in [-0.39, 0.29) is 17.8 Å². The summed E-state index contributed by atoms with van der Waals surface area (Å²) in [5.74, 6) is 0.708. The Hall–Kier alpha value is -1.03. The van der Waals surface area contributed by atoms with Gasteiger partial charge in [0, 0.05) is 12.4 Å². The maximum absolute atomic E-state index is 11.6. The van der Waals surface area contributed by atoms with Gasteiger partial charge in [0.2, 0.25) is 0 Å². The van der Waals surface area contributed by atoms with E-state index in [2.05, 4.69) is 11.9 Å². The summed E-state index contributed by atoms with van der Waals surface area (Å²) in [6.45, 7) is 2.28. The topological polar surface area (TPSA) is 58.0 Å². The van der Waals surface area contributed by atoms with E-state index in [4.69, 9.17) is 0 Å². The molecule has 1 aromatic rings. The van der Waals surface area contributed by atoms with Crippen molar-refractivity contribution < 1.29 is 5.11 Å². The van der Waals surface area contributed by atoms with Crippen LogP contribution in [0.2, 0.25) is 0 Å². The van der Waals surface area contributed by atoms with Crippen LogP contribution in [0.5, 0.6) is 0 Å². The number of aromatic nitrogens is 2. The number of nitrogens with zero attached hydrogens (tertiary/aromatic N) is 1. The fourth-order valence-corrected chi connectivity index (χ4v) is 2.47. The minimum Gasteiger partial charge on any atom is -0.394 e. The molecule has 4 nitrogen and oxygen atoms in total. The van der Waals surface area contributed by atoms with E-state index < -0.39 is 0 Å². The predicted octanol–water partition coefficient (Wildman–Crippen LogP) is 1.07. The van der Waals surface area contributed by atoms with Gasteiger partial charge in [-0.25, -0.2) is 4.79 Å². The highest BCUT2D eigenvalue weighted by molar-refractivity contribution is 4.95. The summed E-state index contributed by atoms with van der Waals surface area (Å²) in [4.78, 5) is 14.2. The molecule has 1 aliphatic rings. The first-order valence-corrected chi connectivity index (χ1v) is 5.55. The molecule has 0 bridgehead atoms. The summed E-state index contributed by atoms with van der Waals surface area (Å²) in [6.07, 6.45) is 7.33. The lowest BCUT2D eigenvalue weighted by molar-refractivity contribution is 0.0731. The monoisotopic (exact) mass is 210 g/mol. The number of aliphatic hydroxyl groups excluding tert-OH is 1. The Bertz CT molecular complexity index is 372. The molecule has 1 heterocycles. The Kier molecular flexibility index (Phi) is 2.69. The fraction of sp³-hybridized carbons (Fsp3) is 0.727. The Labute approximate surface area is 88.9 Å². The molecular weight excluding hydrogens is 192 g/mol. The molecule has 1 saturated carbocycles. The average molecular weight is 210 g/mol. The average Bonchev–Trinajstić information content (AvgIpc) is 2.67. The summed E-state index contributed by atoms with van der Waals surface area (Å²) >= 11 is 0. The number of nitrogens with one attached hydrogen (secondary N) is 1. The summed E-state index contributed by atoms with van der Waals surface area (Å²) in [6, 6.07) is 0. The van der Waals surface area contributed by atoms with Gasteiger partial charge < -0.3 is 10.1 Å². The van der Waals surface area contributed by atoms with Crippen LogP contribution in [0, 0.1) is 5.92 Å². The van der Waals surface area contributed by atoms with Crippen molar-refractivity contribution in [3.8, 4) is 0 Å². The molecule has 0 unspecified atom stereocenters. The molecule has 2 N–H and O–H groups in total. The lowest BCUT2D eigenvalue weighted by Crippen LogP contribution is -2.45. The molecule has 0 saturated heterocycles. The second kappa shape index (κ2) is 3.85. The van der Waals surface area contributed by atoms with Crippen LogP contribution in [-0.4, -0.2) is 21.3 Å². The van der Waals surface area contributed by atoms with Gasteiger partial charge in [0.1, 0.15) is 0 Å². The van der Waals surface area contributed by atoms with Gasteiger partial charge in [-0.2, -0.15) is 0 Å². The summed E-state index contributed by atoms with van der Waals surface area (Å²) in [7, 11) is 0. The first-order valence-electron chi connectivity index (χ1n) is 5.55. The lowest BCUT2D eigenvalue weighted by Gasteiger charge is -2.38. The standard InChI is InChI=1S/C11H18N2O2/c1-9-2-4-11(8-14,5-3-9)13-7-6-12-10(13)15/h6-7,9,14H,2-5,8H2,1H3,(H,12,15). The zero-order valence-electron chi connectivity index (χ0n) is 9.07. The van der Waals surface area contributed by atoms with E-state index in [0.717, 1.165) is 25.7 Å². The Balaban J connectivity index is 2.30. The zero-order valence-corrected chi connectivity index (χ0v) is 9.07. The van der Waals surface area contributed by atoms with Crippen molar-refractivity contribution in [1.29, 1.82) is 0 Å². The van der Waals surface area contributed by atoms with E-state index in [1.807, 2.05) is 0 Å². The third kappa shape index (κ3) is 1.74. The summed E-state index contributed by atoms with van der Waals surface area (Å²) in [5, 5.41) is 9.55. The quantitative estimate of drug-likeness (QED) is 0.767. The highest BCUT2D eigenvalue weighted by atomic mass is 16.3. The second-order valence-corrected chi connectivity index (χ2v) is 4.70. The smallest absolute Gasteiger partial charge is 0.326 e. The van der Waals surface area contributed by atoms with Crippen molar-refractivity contribution in [3.05, 3.63) is 22.9 Å². The third-order valence-electron chi connectivity index (χ3n) is 3.66. The highest BCUT2D eigenvalue weighted by Crippen LogP contribution is 2.36. The Morgan fingerprint density at radius 1 is 1.60 bits per heavy atom. The lowest BCUT2D eigenvalue weighted by atomic mass is 9.77. The van der Waals surface area contributed by atoms with E-state index in [1.165, 1.54) is 0 Å². The van der Waals surface area contributed by atoms with Gasteiger partial charge in [0.25, 0.3) is 0 Å². The van der Waals surface area contributed by atoms with E-state index in [9.17, 15) is 9.90 Å². The maximum Gasteiger partial charge on any atom is 0.326 e. The van der Waals surface area contributed by atoms with Crippen molar-refractivity contribution >= 4 is 0 Å².